The Morgan fingerprint density at radius 3 is 2.67 bits per heavy atom. The third-order valence-corrected chi connectivity index (χ3v) is 3.30. The molecule has 2 atom stereocenters. The van der Waals surface area contributed by atoms with E-state index < -0.39 is 6.10 Å². The number of nitrogens with one attached hydrogen (secondary N) is 1. The van der Waals surface area contributed by atoms with Crippen molar-refractivity contribution in [1.29, 1.82) is 0 Å². The molecule has 0 aliphatic heterocycles. The summed E-state index contributed by atoms with van der Waals surface area (Å²) in [4.78, 5) is 11.8. The van der Waals surface area contributed by atoms with Crippen molar-refractivity contribution in [3.63, 3.8) is 0 Å². The third-order valence-electron chi connectivity index (χ3n) is 3.30. The quantitative estimate of drug-likeness (QED) is 0.768. The van der Waals surface area contributed by atoms with Gasteiger partial charge in [0.2, 0.25) is 0 Å². The molecule has 0 radical (unpaired) electrons. The lowest BCUT2D eigenvalue weighted by Gasteiger charge is -2.19. The van der Waals surface area contributed by atoms with Crippen LogP contribution >= 0.6 is 0 Å². The van der Waals surface area contributed by atoms with Gasteiger partial charge in [-0.1, -0.05) is 6.92 Å². The van der Waals surface area contributed by atoms with Crippen LogP contribution < -0.4 is 20.5 Å². The van der Waals surface area contributed by atoms with E-state index in [9.17, 15) is 4.79 Å². The maximum absolute atomic E-state index is 11.8. The third kappa shape index (κ3) is 5.27. The SMILES string of the molecule is CCNC(=O)C(C)Oc1ccc(OC)cc1CC(N)CC. The van der Waals surface area contributed by atoms with Crippen molar-refractivity contribution in [2.75, 3.05) is 13.7 Å². The summed E-state index contributed by atoms with van der Waals surface area (Å²) in [5, 5.41) is 2.75. The number of nitrogens with two attached hydrogens (primary N) is 1. The number of ether oxygens (including phenoxy) is 2. The molecule has 1 aromatic carbocycles. The molecule has 1 rings (SSSR count). The highest BCUT2D eigenvalue weighted by molar-refractivity contribution is 5.80. The van der Waals surface area contributed by atoms with Gasteiger partial charge in [-0.2, -0.15) is 0 Å². The summed E-state index contributed by atoms with van der Waals surface area (Å²) in [6, 6.07) is 5.61. The van der Waals surface area contributed by atoms with Crippen LogP contribution in [0.4, 0.5) is 0 Å². The van der Waals surface area contributed by atoms with Crippen LogP contribution in [0.1, 0.15) is 32.8 Å². The first-order chi connectivity index (χ1) is 10.0. The van der Waals surface area contributed by atoms with Gasteiger partial charge in [0, 0.05) is 12.6 Å². The number of carbonyl (C=O) groups is 1. The van der Waals surface area contributed by atoms with Crippen molar-refractivity contribution in [2.24, 2.45) is 5.73 Å². The van der Waals surface area contributed by atoms with Gasteiger partial charge < -0.3 is 20.5 Å². The van der Waals surface area contributed by atoms with Gasteiger partial charge in [-0.15, -0.1) is 0 Å². The van der Waals surface area contributed by atoms with Crippen molar-refractivity contribution >= 4 is 5.91 Å². The van der Waals surface area contributed by atoms with E-state index >= 15 is 0 Å². The Bertz CT molecular complexity index is 463. The van der Waals surface area contributed by atoms with E-state index in [1.807, 2.05) is 32.0 Å². The summed E-state index contributed by atoms with van der Waals surface area (Å²) in [7, 11) is 1.62. The predicted molar refractivity (Wildman–Crippen MR) is 83.7 cm³/mol. The number of methoxy groups -OCH3 is 1. The van der Waals surface area contributed by atoms with Crippen LogP contribution in [-0.2, 0) is 11.2 Å². The first-order valence-corrected chi connectivity index (χ1v) is 7.38. The molecule has 0 fully saturated rings. The van der Waals surface area contributed by atoms with Crippen LogP contribution in [0.15, 0.2) is 18.2 Å². The fourth-order valence-corrected chi connectivity index (χ4v) is 1.95. The number of hydrogen-bond acceptors (Lipinski definition) is 4. The number of amides is 1. The molecule has 3 N–H and O–H groups in total. The van der Waals surface area contributed by atoms with Gasteiger partial charge in [-0.3, -0.25) is 4.79 Å². The Morgan fingerprint density at radius 1 is 1.38 bits per heavy atom. The Morgan fingerprint density at radius 2 is 2.10 bits per heavy atom. The standard InChI is InChI=1S/C16H26N2O3/c1-5-13(17)9-12-10-14(20-4)7-8-15(12)21-11(3)16(19)18-6-2/h7-8,10-11,13H,5-6,9,17H2,1-4H3,(H,18,19). The van der Waals surface area contributed by atoms with Crippen LogP contribution in [-0.4, -0.2) is 31.7 Å². The zero-order chi connectivity index (χ0) is 15.8. The van der Waals surface area contributed by atoms with Gasteiger partial charge in [-0.05, 0) is 50.5 Å². The Balaban J connectivity index is 2.91. The number of carbonyl (C=O) groups excluding carboxylic acids is 1. The lowest BCUT2D eigenvalue weighted by Crippen LogP contribution is -2.36. The van der Waals surface area contributed by atoms with E-state index in [0.29, 0.717) is 18.7 Å². The molecule has 0 saturated carbocycles. The Hall–Kier alpha value is -1.75. The molecule has 0 aliphatic carbocycles. The molecular formula is C16H26N2O3. The van der Waals surface area contributed by atoms with Crippen LogP contribution in [0, 0.1) is 0 Å². The Labute approximate surface area is 126 Å². The van der Waals surface area contributed by atoms with Crippen LogP contribution in [0.3, 0.4) is 0 Å². The summed E-state index contributed by atoms with van der Waals surface area (Å²) >= 11 is 0. The van der Waals surface area contributed by atoms with E-state index in [1.165, 1.54) is 0 Å². The van der Waals surface area contributed by atoms with Crippen LogP contribution in [0.2, 0.25) is 0 Å². The average molecular weight is 294 g/mol. The number of benzene rings is 1. The molecule has 1 aromatic rings. The minimum atomic E-state index is -0.546. The van der Waals surface area contributed by atoms with Gasteiger partial charge in [0.1, 0.15) is 11.5 Å². The number of likely N-dealkylation sites (N-methyl/N-ethyl adjacent to an activating group) is 1. The summed E-state index contributed by atoms with van der Waals surface area (Å²) in [6.45, 7) is 6.24. The van der Waals surface area contributed by atoms with Crippen LogP contribution in [0.5, 0.6) is 11.5 Å². The van der Waals surface area contributed by atoms with E-state index in [0.717, 1.165) is 17.7 Å². The molecule has 21 heavy (non-hydrogen) atoms. The van der Waals surface area contributed by atoms with Crippen molar-refractivity contribution in [1.82, 2.24) is 5.32 Å². The van der Waals surface area contributed by atoms with E-state index in [1.54, 1.807) is 14.0 Å². The first-order valence-electron chi connectivity index (χ1n) is 7.38. The monoisotopic (exact) mass is 294 g/mol. The van der Waals surface area contributed by atoms with Gasteiger partial charge in [0.05, 0.1) is 7.11 Å². The first kappa shape index (κ1) is 17.3. The van der Waals surface area contributed by atoms with Crippen molar-refractivity contribution in [3.05, 3.63) is 23.8 Å². The summed E-state index contributed by atoms with van der Waals surface area (Å²) in [5.74, 6) is 1.31. The molecule has 1 amide bonds. The fraction of sp³-hybridized carbons (Fsp3) is 0.562. The maximum atomic E-state index is 11.8. The largest absolute Gasteiger partial charge is 0.497 e. The lowest BCUT2D eigenvalue weighted by molar-refractivity contribution is -0.127. The van der Waals surface area contributed by atoms with E-state index in [-0.39, 0.29) is 11.9 Å². The second-order valence-corrected chi connectivity index (χ2v) is 5.00. The maximum Gasteiger partial charge on any atom is 0.260 e. The van der Waals surface area contributed by atoms with Crippen molar-refractivity contribution in [3.8, 4) is 11.5 Å². The predicted octanol–water partition coefficient (Wildman–Crippen LogP) is 1.88. The molecule has 0 heterocycles. The number of hydrogen-bond donors (Lipinski definition) is 2. The fourth-order valence-electron chi connectivity index (χ4n) is 1.95. The Kier molecular flexibility index (Phi) is 7.02. The van der Waals surface area contributed by atoms with Crippen molar-refractivity contribution in [2.45, 2.75) is 45.8 Å². The van der Waals surface area contributed by atoms with Gasteiger partial charge in [0.25, 0.3) is 5.91 Å². The summed E-state index contributed by atoms with van der Waals surface area (Å²) in [5.41, 5.74) is 6.99. The molecule has 0 aliphatic rings. The minimum absolute atomic E-state index is 0.0548. The van der Waals surface area contributed by atoms with E-state index in [2.05, 4.69) is 5.32 Å². The molecule has 0 spiro atoms. The summed E-state index contributed by atoms with van der Waals surface area (Å²) < 4.78 is 11.0. The topological polar surface area (TPSA) is 73.6 Å². The smallest absolute Gasteiger partial charge is 0.260 e. The second kappa shape index (κ2) is 8.52. The normalized spacial score (nSPS) is 13.4. The molecule has 0 aromatic heterocycles. The van der Waals surface area contributed by atoms with Crippen LogP contribution in [0.25, 0.3) is 0 Å². The van der Waals surface area contributed by atoms with Gasteiger partial charge in [-0.25, -0.2) is 0 Å². The summed E-state index contributed by atoms with van der Waals surface area (Å²) in [6.07, 6.45) is 1.02. The van der Waals surface area contributed by atoms with Crippen molar-refractivity contribution < 1.29 is 14.3 Å². The molecular weight excluding hydrogens is 268 g/mol. The number of rotatable bonds is 8. The highest BCUT2D eigenvalue weighted by Gasteiger charge is 2.17. The molecule has 2 unspecified atom stereocenters. The highest BCUT2D eigenvalue weighted by Crippen LogP contribution is 2.26. The average Bonchev–Trinajstić information content (AvgIpc) is 2.48. The molecule has 118 valence electrons. The molecule has 0 bridgehead atoms. The molecule has 5 heteroatoms. The molecule has 5 nitrogen and oxygen atoms in total. The van der Waals surface area contributed by atoms with E-state index in [4.69, 9.17) is 15.2 Å². The zero-order valence-electron chi connectivity index (χ0n) is 13.3. The van der Waals surface area contributed by atoms with Gasteiger partial charge in [0.15, 0.2) is 6.10 Å². The second-order valence-electron chi connectivity index (χ2n) is 5.00. The minimum Gasteiger partial charge on any atom is -0.497 e. The lowest BCUT2D eigenvalue weighted by atomic mass is 10.0. The zero-order valence-corrected chi connectivity index (χ0v) is 13.3. The molecule has 0 saturated heterocycles. The van der Waals surface area contributed by atoms with Gasteiger partial charge >= 0.3 is 0 Å². The highest BCUT2D eigenvalue weighted by atomic mass is 16.5.